The van der Waals surface area contributed by atoms with Crippen LogP contribution in [-0.4, -0.2) is 12.4 Å². The number of halogens is 6. The summed E-state index contributed by atoms with van der Waals surface area (Å²) in [5.74, 6) is -1.65. The fourth-order valence-electron chi connectivity index (χ4n) is 3.35. The molecule has 0 N–H and O–H groups in total. The normalized spacial score (nSPS) is 37.9. The SMILES string of the molecule is FC(F)(F)C1=C(C(F)(F)F)C23C=CC(C2)C1C=C3. The second-order valence-corrected chi connectivity index (χ2v) is 4.94. The lowest BCUT2D eigenvalue weighted by Gasteiger charge is -2.44. The zero-order chi connectivity index (χ0) is 13.3. The van der Waals surface area contributed by atoms with Gasteiger partial charge in [0.2, 0.25) is 0 Å². The topological polar surface area (TPSA) is 0 Å². The molecule has 0 fully saturated rings. The number of hydrogen-bond donors (Lipinski definition) is 0. The molecule has 18 heavy (non-hydrogen) atoms. The molecule has 0 aromatic rings. The van der Waals surface area contributed by atoms with Crippen molar-refractivity contribution in [1.29, 1.82) is 0 Å². The van der Waals surface area contributed by atoms with Crippen molar-refractivity contribution in [3.63, 3.8) is 0 Å². The van der Waals surface area contributed by atoms with Crippen molar-refractivity contribution >= 4 is 0 Å². The molecule has 0 saturated heterocycles. The van der Waals surface area contributed by atoms with Gasteiger partial charge in [-0.2, -0.15) is 26.3 Å². The minimum absolute atomic E-state index is 0.0998. The molecule has 3 bridgehead atoms. The van der Waals surface area contributed by atoms with E-state index in [2.05, 4.69) is 0 Å². The number of hydrogen-bond acceptors (Lipinski definition) is 0. The van der Waals surface area contributed by atoms with Crippen LogP contribution in [0.4, 0.5) is 26.3 Å². The average molecular weight is 266 g/mol. The highest BCUT2D eigenvalue weighted by Crippen LogP contribution is 2.63. The standard InChI is InChI=1S/C12H8F6/c13-11(14,15)8-7-2-4-10(3-1-6(7)5-10)9(8)12(16,17)18/h1-4,6-7H,5H2. The van der Waals surface area contributed by atoms with Crippen molar-refractivity contribution in [2.24, 2.45) is 17.3 Å². The van der Waals surface area contributed by atoms with Crippen LogP contribution in [0.5, 0.6) is 0 Å². The molecule has 0 aromatic heterocycles. The minimum atomic E-state index is -4.95. The average Bonchev–Trinajstić information content (AvgIpc) is 2.47. The van der Waals surface area contributed by atoms with Crippen molar-refractivity contribution in [2.45, 2.75) is 18.8 Å². The van der Waals surface area contributed by atoms with E-state index in [1.54, 1.807) is 0 Å². The highest BCUT2D eigenvalue weighted by Gasteiger charge is 2.62. The first-order valence-electron chi connectivity index (χ1n) is 5.43. The zero-order valence-electron chi connectivity index (χ0n) is 8.94. The molecular formula is C12H8F6. The van der Waals surface area contributed by atoms with Crippen molar-refractivity contribution in [1.82, 2.24) is 0 Å². The van der Waals surface area contributed by atoms with Crippen LogP contribution in [0, 0.1) is 17.3 Å². The first kappa shape index (κ1) is 11.9. The Hall–Kier alpha value is -1.20. The summed E-state index contributed by atoms with van der Waals surface area (Å²) in [6, 6.07) is 0. The van der Waals surface area contributed by atoms with Gasteiger partial charge in [-0.15, -0.1) is 0 Å². The summed E-state index contributed by atoms with van der Waals surface area (Å²) in [6.07, 6.45) is -4.49. The lowest BCUT2D eigenvalue weighted by molar-refractivity contribution is -0.132. The van der Waals surface area contributed by atoms with Gasteiger partial charge in [0.05, 0.1) is 5.57 Å². The Bertz CT molecular complexity index is 486. The van der Waals surface area contributed by atoms with Crippen molar-refractivity contribution in [2.75, 3.05) is 0 Å². The van der Waals surface area contributed by atoms with E-state index in [0.29, 0.717) is 0 Å². The van der Waals surface area contributed by atoms with Crippen LogP contribution in [-0.2, 0) is 0 Å². The molecule has 0 aromatic carbocycles. The van der Waals surface area contributed by atoms with Gasteiger partial charge < -0.3 is 0 Å². The molecule has 6 heteroatoms. The minimum Gasteiger partial charge on any atom is -0.166 e. The smallest absolute Gasteiger partial charge is 0.166 e. The molecule has 4 rings (SSSR count). The summed E-state index contributed by atoms with van der Waals surface area (Å²) in [5.41, 5.74) is -4.42. The molecule has 4 aliphatic rings. The van der Waals surface area contributed by atoms with Gasteiger partial charge in [-0.05, 0) is 12.3 Å². The Balaban J connectivity index is 2.28. The molecule has 0 amide bonds. The third kappa shape index (κ3) is 1.34. The molecule has 4 aliphatic carbocycles. The van der Waals surface area contributed by atoms with E-state index in [1.165, 1.54) is 24.3 Å². The Kier molecular flexibility index (Phi) is 2.00. The molecule has 0 saturated carbocycles. The van der Waals surface area contributed by atoms with Crippen molar-refractivity contribution in [3.8, 4) is 0 Å². The second kappa shape index (κ2) is 3.03. The fraction of sp³-hybridized carbons (Fsp3) is 0.500. The predicted molar refractivity (Wildman–Crippen MR) is 51.4 cm³/mol. The van der Waals surface area contributed by atoms with Gasteiger partial charge in [-0.25, -0.2) is 0 Å². The first-order chi connectivity index (χ1) is 8.15. The number of rotatable bonds is 0. The summed E-state index contributed by atoms with van der Waals surface area (Å²) in [5, 5.41) is 0. The van der Waals surface area contributed by atoms with Gasteiger partial charge in [0.15, 0.2) is 0 Å². The highest BCUT2D eigenvalue weighted by atomic mass is 19.4. The molecule has 0 heterocycles. The zero-order valence-corrected chi connectivity index (χ0v) is 8.94. The maximum atomic E-state index is 13.0. The van der Waals surface area contributed by atoms with Gasteiger partial charge in [-0.1, -0.05) is 24.3 Å². The van der Waals surface area contributed by atoms with Gasteiger partial charge in [0, 0.05) is 16.9 Å². The molecule has 3 unspecified atom stereocenters. The van der Waals surface area contributed by atoms with E-state index in [-0.39, 0.29) is 6.42 Å². The van der Waals surface area contributed by atoms with E-state index >= 15 is 0 Å². The maximum Gasteiger partial charge on any atom is 0.414 e. The van der Waals surface area contributed by atoms with Crippen LogP contribution in [0.25, 0.3) is 0 Å². The van der Waals surface area contributed by atoms with Crippen LogP contribution in [0.2, 0.25) is 0 Å². The quantitative estimate of drug-likeness (QED) is 0.456. The van der Waals surface area contributed by atoms with E-state index in [1.807, 2.05) is 0 Å². The first-order valence-corrected chi connectivity index (χ1v) is 5.43. The Morgan fingerprint density at radius 1 is 0.944 bits per heavy atom. The van der Waals surface area contributed by atoms with Gasteiger partial charge in [0.25, 0.3) is 0 Å². The second-order valence-electron chi connectivity index (χ2n) is 4.94. The molecule has 3 atom stereocenters. The lowest BCUT2D eigenvalue weighted by atomic mass is 9.61. The largest absolute Gasteiger partial charge is 0.414 e. The highest BCUT2D eigenvalue weighted by molar-refractivity contribution is 5.51. The Morgan fingerprint density at radius 2 is 1.56 bits per heavy atom. The molecule has 1 spiro atoms. The molecule has 0 nitrogen and oxygen atoms in total. The van der Waals surface area contributed by atoms with Gasteiger partial charge in [0.1, 0.15) is 0 Å². The van der Waals surface area contributed by atoms with E-state index in [4.69, 9.17) is 0 Å². The van der Waals surface area contributed by atoms with Crippen LogP contribution in [0.15, 0.2) is 35.5 Å². The number of allylic oxidation sites excluding steroid dienone is 6. The van der Waals surface area contributed by atoms with Crippen LogP contribution in [0.1, 0.15) is 6.42 Å². The van der Waals surface area contributed by atoms with E-state index in [9.17, 15) is 26.3 Å². The lowest BCUT2D eigenvalue weighted by Crippen LogP contribution is -2.43. The van der Waals surface area contributed by atoms with Crippen LogP contribution < -0.4 is 0 Å². The van der Waals surface area contributed by atoms with Crippen LogP contribution in [0.3, 0.4) is 0 Å². The summed E-state index contributed by atoms with van der Waals surface area (Å²) < 4.78 is 77.8. The van der Waals surface area contributed by atoms with E-state index in [0.717, 1.165) is 0 Å². The summed E-state index contributed by atoms with van der Waals surface area (Å²) in [6.45, 7) is 0. The van der Waals surface area contributed by atoms with E-state index < -0.39 is 40.7 Å². The molecule has 98 valence electrons. The number of alkyl halides is 6. The van der Waals surface area contributed by atoms with Gasteiger partial charge >= 0.3 is 12.4 Å². The monoisotopic (exact) mass is 266 g/mol. The Morgan fingerprint density at radius 3 is 2.11 bits per heavy atom. The van der Waals surface area contributed by atoms with Crippen LogP contribution >= 0.6 is 0 Å². The Labute approximate surface area is 98.7 Å². The summed E-state index contributed by atoms with van der Waals surface area (Å²) in [7, 11) is 0. The third-order valence-corrected chi connectivity index (χ3v) is 3.93. The third-order valence-electron chi connectivity index (χ3n) is 3.93. The van der Waals surface area contributed by atoms with Crippen molar-refractivity contribution in [3.05, 3.63) is 35.5 Å². The molecule has 0 radical (unpaired) electrons. The molecular weight excluding hydrogens is 258 g/mol. The summed E-state index contributed by atoms with van der Waals surface area (Å²) in [4.78, 5) is 0. The fourth-order valence-corrected chi connectivity index (χ4v) is 3.35. The maximum absolute atomic E-state index is 13.0. The summed E-state index contributed by atoms with van der Waals surface area (Å²) >= 11 is 0. The van der Waals surface area contributed by atoms with Crippen molar-refractivity contribution < 1.29 is 26.3 Å². The predicted octanol–water partition coefficient (Wildman–Crippen LogP) is 4.17. The van der Waals surface area contributed by atoms with Gasteiger partial charge in [-0.3, -0.25) is 0 Å². The molecule has 0 aliphatic heterocycles.